The van der Waals surface area contributed by atoms with E-state index in [1.807, 2.05) is 33.0 Å². The Bertz CT molecular complexity index is 1360. The Morgan fingerprint density at radius 3 is 2.35 bits per heavy atom. The van der Waals surface area contributed by atoms with Crippen molar-refractivity contribution in [1.82, 2.24) is 9.88 Å². The number of hydrogen-bond donors (Lipinski definition) is 1. The van der Waals surface area contributed by atoms with Crippen molar-refractivity contribution in [3.8, 4) is 0 Å². The number of aryl methyl sites for hydroxylation is 2. The van der Waals surface area contributed by atoms with Gasteiger partial charge in [-0.1, -0.05) is 23.7 Å². The lowest BCUT2D eigenvalue weighted by Crippen LogP contribution is -2.42. The van der Waals surface area contributed by atoms with Crippen LogP contribution in [0.15, 0.2) is 47.4 Å². The van der Waals surface area contributed by atoms with Gasteiger partial charge in [0.25, 0.3) is 5.91 Å². The molecule has 1 atom stereocenters. The highest BCUT2D eigenvalue weighted by atomic mass is 35.5. The zero-order chi connectivity index (χ0) is 25.4. The molecule has 1 unspecified atom stereocenters. The van der Waals surface area contributed by atoms with Gasteiger partial charge in [0.2, 0.25) is 0 Å². The summed E-state index contributed by atoms with van der Waals surface area (Å²) >= 11 is 6.35. The number of rotatable bonds is 7. The number of nitrogens with one attached hydrogen (secondary N) is 1. The van der Waals surface area contributed by atoms with E-state index < -0.39 is 26.6 Å². The SMILES string of the molecule is CCOC(=O)C(C)(C)S(=O)(=O)c1ccc(C(C)NC(=O)c2cc3c(Cl)cc(C)cc3n2C)cc1. The van der Waals surface area contributed by atoms with E-state index in [0.29, 0.717) is 16.3 Å². The van der Waals surface area contributed by atoms with E-state index in [1.165, 1.54) is 26.0 Å². The van der Waals surface area contributed by atoms with Gasteiger partial charge < -0.3 is 14.6 Å². The zero-order valence-electron chi connectivity index (χ0n) is 20.1. The van der Waals surface area contributed by atoms with Crippen molar-refractivity contribution in [1.29, 1.82) is 0 Å². The third-order valence-corrected chi connectivity index (χ3v) is 8.68. The van der Waals surface area contributed by atoms with Crippen LogP contribution in [0.2, 0.25) is 5.02 Å². The largest absolute Gasteiger partial charge is 0.465 e. The summed E-state index contributed by atoms with van der Waals surface area (Å²) in [6.45, 7) is 8.13. The van der Waals surface area contributed by atoms with Crippen LogP contribution in [0.4, 0.5) is 0 Å². The lowest BCUT2D eigenvalue weighted by atomic mass is 10.1. The molecule has 0 spiro atoms. The van der Waals surface area contributed by atoms with Crippen molar-refractivity contribution >= 4 is 44.2 Å². The number of sulfone groups is 1. The van der Waals surface area contributed by atoms with E-state index in [0.717, 1.165) is 16.5 Å². The van der Waals surface area contributed by atoms with Crippen LogP contribution in [0.1, 0.15) is 55.4 Å². The third-order valence-electron chi connectivity index (χ3n) is 5.97. The molecule has 3 aromatic rings. The van der Waals surface area contributed by atoms with E-state index in [4.69, 9.17) is 16.3 Å². The van der Waals surface area contributed by atoms with E-state index in [-0.39, 0.29) is 17.4 Å². The quantitative estimate of drug-likeness (QED) is 0.469. The first-order valence-electron chi connectivity index (χ1n) is 10.9. The topological polar surface area (TPSA) is 94.5 Å². The first-order valence-corrected chi connectivity index (χ1v) is 12.8. The van der Waals surface area contributed by atoms with E-state index in [2.05, 4.69) is 5.32 Å². The summed E-state index contributed by atoms with van der Waals surface area (Å²) in [5, 5.41) is 4.33. The van der Waals surface area contributed by atoms with Crippen LogP contribution in [-0.2, 0) is 26.4 Å². The summed E-state index contributed by atoms with van der Waals surface area (Å²) in [4.78, 5) is 25.2. The van der Waals surface area contributed by atoms with Crippen LogP contribution in [0.25, 0.3) is 10.9 Å². The molecule has 182 valence electrons. The molecule has 0 radical (unpaired) electrons. The summed E-state index contributed by atoms with van der Waals surface area (Å²) in [6, 6.07) is 11.3. The molecule has 1 aromatic heterocycles. The second-order valence-corrected chi connectivity index (χ2v) is 11.7. The van der Waals surface area contributed by atoms with Crippen LogP contribution in [0, 0.1) is 6.92 Å². The summed E-state index contributed by atoms with van der Waals surface area (Å²) in [5.41, 5.74) is 3.04. The number of carbonyl (C=O) groups is 2. The van der Waals surface area contributed by atoms with Crippen molar-refractivity contribution in [3.05, 3.63) is 64.3 Å². The predicted octanol–water partition coefficient (Wildman–Crippen LogP) is 4.75. The van der Waals surface area contributed by atoms with Gasteiger partial charge in [0.15, 0.2) is 14.6 Å². The average Bonchev–Trinajstić information content (AvgIpc) is 3.10. The van der Waals surface area contributed by atoms with Gasteiger partial charge in [0.05, 0.1) is 28.1 Å². The molecule has 0 saturated heterocycles. The summed E-state index contributed by atoms with van der Waals surface area (Å²) in [7, 11) is -2.17. The first kappa shape index (κ1) is 25.8. The first-order chi connectivity index (χ1) is 15.8. The lowest BCUT2D eigenvalue weighted by Gasteiger charge is -2.23. The van der Waals surface area contributed by atoms with Crippen molar-refractivity contribution in [3.63, 3.8) is 0 Å². The van der Waals surface area contributed by atoms with E-state index in [9.17, 15) is 18.0 Å². The molecular weight excluding hydrogens is 476 g/mol. The van der Waals surface area contributed by atoms with Gasteiger partial charge in [-0.2, -0.15) is 0 Å². The van der Waals surface area contributed by atoms with Gasteiger partial charge >= 0.3 is 5.97 Å². The normalized spacial score (nSPS) is 13.0. The molecular formula is C25H29ClN2O5S. The minimum Gasteiger partial charge on any atom is -0.465 e. The van der Waals surface area contributed by atoms with E-state index in [1.54, 1.807) is 29.7 Å². The number of amides is 1. The highest BCUT2D eigenvalue weighted by Crippen LogP contribution is 2.30. The maximum absolute atomic E-state index is 13.0. The smallest absolute Gasteiger partial charge is 0.327 e. The number of carbonyl (C=O) groups excluding carboxylic acids is 2. The molecule has 3 rings (SSSR count). The number of halogens is 1. The number of hydrogen-bond acceptors (Lipinski definition) is 5. The molecule has 0 bridgehead atoms. The minimum absolute atomic E-state index is 0.00604. The minimum atomic E-state index is -3.97. The van der Waals surface area contributed by atoms with Gasteiger partial charge in [-0.3, -0.25) is 9.59 Å². The second kappa shape index (κ2) is 9.43. The standard InChI is InChI=1S/C25H29ClN2O5S/c1-7-33-24(30)25(4,5)34(31,32)18-10-8-17(9-11-18)16(3)27-23(29)22-14-19-20(26)12-15(2)13-21(19)28(22)6/h8-14,16H,7H2,1-6H3,(H,27,29). The molecule has 7 nitrogen and oxygen atoms in total. The molecule has 34 heavy (non-hydrogen) atoms. The summed E-state index contributed by atoms with van der Waals surface area (Å²) < 4.78 is 31.0. The van der Waals surface area contributed by atoms with Crippen LogP contribution < -0.4 is 5.32 Å². The van der Waals surface area contributed by atoms with E-state index >= 15 is 0 Å². The number of fused-ring (bicyclic) bond motifs is 1. The Morgan fingerprint density at radius 1 is 1.15 bits per heavy atom. The maximum Gasteiger partial charge on any atom is 0.327 e. The number of ether oxygens (including phenoxy) is 1. The average molecular weight is 505 g/mol. The molecule has 1 amide bonds. The molecule has 0 fully saturated rings. The molecule has 1 N–H and O–H groups in total. The van der Waals surface area contributed by atoms with Crippen LogP contribution in [0.3, 0.4) is 0 Å². The van der Waals surface area contributed by atoms with Crippen molar-refractivity contribution < 1.29 is 22.7 Å². The third kappa shape index (κ3) is 4.57. The fraction of sp³-hybridized carbons (Fsp3) is 0.360. The fourth-order valence-corrected chi connectivity index (χ4v) is 5.42. The molecule has 2 aromatic carbocycles. The Labute approximate surface area is 205 Å². The Morgan fingerprint density at radius 2 is 1.76 bits per heavy atom. The van der Waals surface area contributed by atoms with Gasteiger partial charge in [0, 0.05) is 12.4 Å². The molecule has 0 aliphatic heterocycles. The highest BCUT2D eigenvalue weighted by Gasteiger charge is 2.44. The number of esters is 1. The van der Waals surface area contributed by atoms with Crippen molar-refractivity contribution in [2.45, 2.75) is 50.3 Å². The Kier molecular flexibility index (Phi) is 7.15. The maximum atomic E-state index is 13.0. The van der Waals surface area contributed by atoms with Crippen molar-refractivity contribution in [2.75, 3.05) is 6.61 Å². The summed E-state index contributed by atoms with van der Waals surface area (Å²) in [5.74, 6) is -1.08. The van der Waals surface area contributed by atoms with Crippen LogP contribution >= 0.6 is 11.6 Å². The predicted molar refractivity (Wildman–Crippen MR) is 133 cm³/mol. The Hall–Kier alpha value is -2.84. The zero-order valence-corrected chi connectivity index (χ0v) is 21.7. The lowest BCUT2D eigenvalue weighted by molar-refractivity contribution is -0.145. The molecule has 0 saturated carbocycles. The van der Waals surface area contributed by atoms with Crippen molar-refractivity contribution in [2.24, 2.45) is 7.05 Å². The van der Waals surface area contributed by atoms with Gasteiger partial charge in [-0.15, -0.1) is 0 Å². The van der Waals surface area contributed by atoms with Gasteiger partial charge in [-0.05, 0) is 76.1 Å². The Balaban J connectivity index is 1.82. The monoisotopic (exact) mass is 504 g/mol. The highest BCUT2D eigenvalue weighted by molar-refractivity contribution is 7.93. The molecule has 0 aliphatic carbocycles. The van der Waals surface area contributed by atoms with Crippen LogP contribution in [0.5, 0.6) is 0 Å². The molecule has 1 heterocycles. The number of aromatic nitrogens is 1. The second-order valence-electron chi connectivity index (χ2n) is 8.77. The van der Waals surface area contributed by atoms with Gasteiger partial charge in [0.1, 0.15) is 5.69 Å². The molecule has 0 aliphatic rings. The fourth-order valence-electron chi connectivity index (χ4n) is 3.74. The van der Waals surface area contributed by atoms with Gasteiger partial charge in [-0.25, -0.2) is 8.42 Å². The summed E-state index contributed by atoms with van der Waals surface area (Å²) in [6.07, 6.45) is 0. The molecule has 9 heteroatoms. The number of benzene rings is 2. The van der Waals surface area contributed by atoms with Crippen LogP contribution in [-0.4, -0.2) is 36.2 Å². The number of nitrogens with zero attached hydrogens (tertiary/aromatic N) is 1.